The lowest BCUT2D eigenvalue weighted by molar-refractivity contribution is -0.387. The van der Waals surface area contributed by atoms with E-state index in [1.165, 1.54) is 6.07 Å². The van der Waals surface area contributed by atoms with Crippen LogP contribution >= 0.6 is 0 Å². The highest BCUT2D eigenvalue weighted by molar-refractivity contribution is 5.63. The van der Waals surface area contributed by atoms with Crippen molar-refractivity contribution < 1.29 is 9.31 Å². The summed E-state index contributed by atoms with van der Waals surface area (Å²) in [6.45, 7) is 1.83. The Morgan fingerprint density at radius 3 is 2.54 bits per heavy atom. The van der Waals surface area contributed by atoms with E-state index in [1.54, 1.807) is 6.07 Å². The lowest BCUT2D eigenvalue weighted by atomic mass is 10.2. The van der Waals surface area contributed by atoms with Gasteiger partial charge in [0, 0.05) is 29.1 Å². The molecule has 0 spiro atoms. The summed E-state index contributed by atoms with van der Waals surface area (Å²) in [5.74, 6) is 0.131. The topological polar surface area (TPSA) is 81.0 Å². The van der Waals surface area contributed by atoms with Crippen molar-refractivity contribution in [2.75, 3.05) is 5.32 Å². The zero-order chi connectivity index (χ0) is 17.1. The molecule has 0 fully saturated rings. The molecule has 0 bridgehead atoms. The summed E-state index contributed by atoms with van der Waals surface area (Å²) < 4.78 is 13.4. The van der Waals surface area contributed by atoms with Crippen LogP contribution in [0.5, 0.6) is 0 Å². The van der Waals surface area contributed by atoms with Crippen LogP contribution < -0.4 is 5.32 Å². The van der Waals surface area contributed by atoms with Crippen molar-refractivity contribution in [3.05, 3.63) is 76.2 Å². The number of nitrogens with one attached hydrogen (secondary N) is 1. The van der Waals surface area contributed by atoms with E-state index in [2.05, 4.69) is 15.3 Å². The highest BCUT2D eigenvalue weighted by atomic mass is 19.1. The van der Waals surface area contributed by atoms with Crippen molar-refractivity contribution in [2.45, 2.75) is 6.92 Å². The number of rotatable bonds is 4. The van der Waals surface area contributed by atoms with Crippen LogP contribution in [0.2, 0.25) is 0 Å². The van der Waals surface area contributed by atoms with Gasteiger partial charge in [-0.25, -0.2) is 9.97 Å². The monoisotopic (exact) mass is 324 g/mol. The first kappa shape index (κ1) is 15.5. The van der Waals surface area contributed by atoms with Crippen molar-refractivity contribution in [2.24, 2.45) is 0 Å². The molecule has 0 saturated heterocycles. The average Bonchev–Trinajstić information content (AvgIpc) is 2.56. The van der Waals surface area contributed by atoms with E-state index in [-0.39, 0.29) is 0 Å². The lowest BCUT2D eigenvalue weighted by Gasteiger charge is -2.09. The highest BCUT2D eigenvalue weighted by Crippen LogP contribution is 2.25. The molecular weight excluding hydrogens is 311 g/mol. The zero-order valence-electron chi connectivity index (χ0n) is 12.7. The molecule has 0 amide bonds. The maximum Gasteiger partial charge on any atom is 0.306 e. The van der Waals surface area contributed by atoms with Crippen LogP contribution in [-0.4, -0.2) is 14.9 Å². The third-order valence-corrected chi connectivity index (χ3v) is 3.30. The van der Waals surface area contributed by atoms with Crippen molar-refractivity contribution >= 4 is 17.2 Å². The number of halogens is 1. The summed E-state index contributed by atoms with van der Waals surface area (Å²) in [5.41, 5.74) is 1.38. The van der Waals surface area contributed by atoms with E-state index in [0.29, 0.717) is 17.3 Å². The number of aromatic nitrogens is 2. The fraction of sp³-hybridized carbons (Fsp3) is 0.0588. The van der Waals surface area contributed by atoms with Crippen LogP contribution in [0.3, 0.4) is 0 Å². The standard InChI is InChI=1S/C17H13FN4O2/c1-11-9-16(21-17(19-11)12-5-3-2-4-6-12)20-13-7-8-14(18)15(10-13)22(23)24/h2-10H,1H3,(H,19,20,21). The molecule has 0 aliphatic carbocycles. The van der Waals surface area contributed by atoms with Crippen molar-refractivity contribution in [1.82, 2.24) is 9.97 Å². The average molecular weight is 324 g/mol. The van der Waals surface area contributed by atoms with Gasteiger partial charge in [-0.3, -0.25) is 10.1 Å². The Morgan fingerprint density at radius 1 is 1.08 bits per heavy atom. The van der Waals surface area contributed by atoms with Crippen molar-refractivity contribution in [3.8, 4) is 11.4 Å². The Kier molecular flexibility index (Phi) is 4.15. The molecule has 1 aromatic heterocycles. The van der Waals surface area contributed by atoms with E-state index in [1.807, 2.05) is 37.3 Å². The second-order valence-corrected chi connectivity index (χ2v) is 5.13. The second kappa shape index (κ2) is 6.41. The third kappa shape index (κ3) is 3.35. The largest absolute Gasteiger partial charge is 0.340 e. The molecule has 1 N–H and O–H groups in total. The molecule has 7 heteroatoms. The van der Waals surface area contributed by atoms with Gasteiger partial charge in [-0.2, -0.15) is 4.39 Å². The molecule has 2 aromatic carbocycles. The van der Waals surface area contributed by atoms with Gasteiger partial charge in [-0.1, -0.05) is 30.3 Å². The molecule has 6 nitrogen and oxygen atoms in total. The fourth-order valence-electron chi connectivity index (χ4n) is 2.23. The summed E-state index contributed by atoms with van der Waals surface area (Å²) >= 11 is 0. The van der Waals surface area contributed by atoms with Gasteiger partial charge in [0.25, 0.3) is 0 Å². The number of anilines is 2. The van der Waals surface area contributed by atoms with Crippen LogP contribution in [0.1, 0.15) is 5.69 Å². The van der Waals surface area contributed by atoms with Gasteiger partial charge in [-0.05, 0) is 19.1 Å². The van der Waals surface area contributed by atoms with E-state index >= 15 is 0 Å². The molecule has 1 heterocycles. The first-order valence-corrected chi connectivity index (χ1v) is 7.15. The van der Waals surface area contributed by atoms with Crippen molar-refractivity contribution in [1.29, 1.82) is 0 Å². The van der Waals surface area contributed by atoms with Crippen LogP contribution in [0, 0.1) is 22.9 Å². The minimum Gasteiger partial charge on any atom is -0.340 e. The van der Waals surface area contributed by atoms with Crippen LogP contribution in [0.25, 0.3) is 11.4 Å². The quantitative estimate of drug-likeness (QED) is 0.573. The molecule has 3 aromatic rings. The molecule has 24 heavy (non-hydrogen) atoms. The Hall–Kier alpha value is -3.35. The zero-order valence-corrected chi connectivity index (χ0v) is 12.7. The van der Waals surface area contributed by atoms with Gasteiger partial charge in [0.15, 0.2) is 5.82 Å². The molecular formula is C17H13FN4O2. The van der Waals surface area contributed by atoms with E-state index in [4.69, 9.17) is 0 Å². The maximum absolute atomic E-state index is 13.4. The van der Waals surface area contributed by atoms with E-state index in [9.17, 15) is 14.5 Å². The van der Waals surface area contributed by atoms with Crippen LogP contribution in [0.4, 0.5) is 21.6 Å². The lowest BCUT2D eigenvalue weighted by Crippen LogP contribution is -2.00. The maximum atomic E-state index is 13.4. The SMILES string of the molecule is Cc1cc(Nc2ccc(F)c([N+](=O)[O-])c2)nc(-c2ccccc2)n1. The minimum absolute atomic E-state index is 0.375. The molecule has 0 saturated carbocycles. The summed E-state index contributed by atoms with van der Waals surface area (Å²) in [7, 11) is 0. The van der Waals surface area contributed by atoms with E-state index < -0.39 is 16.4 Å². The van der Waals surface area contributed by atoms with Gasteiger partial charge in [0.05, 0.1) is 4.92 Å². The summed E-state index contributed by atoms with van der Waals surface area (Å²) in [6, 6.07) is 14.8. The first-order chi connectivity index (χ1) is 11.5. The number of nitro benzene ring substituents is 1. The van der Waals surface area contributed by atoms with E-state index in [0.717, 1.165) is 23.4 Å². The number of aryl methyl sites for hydroxylation is 1. The van der Waals surface area contributed by atoms with Gasteiger partial charge in [-0.15, -0.1) is 0 Å². The molecule has 0 atom stereocenters. The fourth-order valence-corrected chi connectivity index (χ4v) is 2.23. The molecule has 3 rings (SSSR count). The summed E-state index contributed by atoms with van der Waals surface area (Å²) in [5, 5.41) is 13.8. The van der Waals surface area contributed by atoms with Gasteiger partial charge in [0.1, 0.15) is 5.82 Å². The molecule has 0 aliphatic heterocycles. The predicted octanol–water partition coefficient (Wildman–Crippen LogP) is 4.24. The summed E-state index contributed by atoms with van der Waals surface area (Å²) in [4.78, 5) is 18.9. The number of benzene rings is 2. The number of nitrogens with zero attached hydrogens (tertiary/aromatic N) is 3. The number of hydrogen-bond donors (Lipinski definition) is 1. The summed E-state index contributed by atoms with van der Waals surface area (Å²) in [6.07, 6.45) is 0. The van der Waals surface area contributed by atoms with Gasteiger partial charge in [0.2, 0.25) is 5.82 Å². The minimum atomic E-state index is -0.880. The second-order valence-electron chi connectivity index (χ2n) is 5.13. The molecule has 0 radical (unpaired) electrons. The smallest absolute Gasteiger partial charge is 0.306 e. The highest BCUT2D eigenvalue weighted by Gasteiger charge is 2.15. The third-order valence-electron chi connectivity index (χ3n) is 3.30. The van der Waals surface area contributed by atoms with Gasteiger partial charge < -0.3 is 5.32 Å². The van der Waals surface area contributed by atoms with Crippen molar-refractivity contribution in [3.63, 3.8) is 0 Å². The Labute approximate surface area is 137 Å². The Morgan fingerprint density at radius 2 is 1.83 bits per heavy atom. The molecule has 0 unspecified atom stereocenters. The molecule has 0 aliphatic rings. The Balaban J connectivity index is 1.95. The number of hydrogen-bond acceptors (Lipinski definition) is 5. The van der Waals surface area contributed by atoms with Crippen LogP contribution in [0.15, 0.2) is 54.6 Å². The van der Waals surface area contributed by atoms with Crippen LogP contribution in [-0.2, 0) is 0 Å². The Bertz CT molecular complexity index is 900. The van der Waals surface area contributed by atoms with Gasteiger partial charge >= 0.3 is 5.69 Å². The molecule has 120 valence electrons. The number of nitro groups is 1. The first-order valence-electron chi connectivity index (χ1n) is 7.15. The predicted molar refractivity (Wildman–Crippen MR) is 88.5 cm³/mol. The normalized spacial score (nSPS) is 10.4.